The molecule has 1 N–H and O–H groups in total. The summed E-state index contributed by atoms with van der Waals surface area (Å²) in [6, 6.07) is 15.0. The van der Waals surface area contributed by atoms with Crippen molar-refractivity contribution < 1.29 is 14.3 Å². The number of benzene rings is 2. The van der Waals surface area contributed by atoms with Gasteiger partial charge in [-0.1, -0.05) is 30.3 Å². The van der Waals surface area contributed by atoms with Gasteiger partial charge in [-0.3, -0.25) is 4.79 Å². The van der Waals surface area contributed by atoms with E-state index in [4.69, 9.17) is 19.6 Å². The molecule has 5 rings (SSSR count). The standard InChI is InChI=1S/C23H22N4O3/c1-29-18-12-5-3-8-14(18)21-20-16(10-7-11-17(20)28)24-23-25-22(26-27(21)23)15-9-4-6-13-19(15)30-2/h3-6,8-9,12-13,21H,7,10-11H2,1-2H3,(H,24,25,26). The van der Waals surface area contributed by atoms with Gasteiger partial charge in [0.1, 0.15) is 17.5 Å². The predicted molar refractivity (Wildman–Crippen MR) is 113 cm³/mol. The van der Waals surface area contributed by atoms with Gasteiger partial charge >= 0.3 is 0 Å². The molecule has 0 bridgehead atoms. The van der Waals surface area contributed by atoms with Crippen molar-refractivity contribution in [3.8, 4) is 22.9 Å². The van der Waals surface area contributed by atoms with Crippen LogP contribution in [0.15, 0.2) is 59.8 Å². The number of para-hydroxylation sites is 2. The lowest BCUT2D eigenvalue weighted by molar-refractivity contribution is -0.116. The highest BCUT2D eigenvalue weighted by molar-refractivity contribution is 5.99. The van der Waals surface area contributed by atoms with Crippen LogP contribution in [0.4, 0.5) is 5.95 Å². The second kappa shape index (κ2) is 7.33. The van der Waals surface area contributed by atoms with E-state index >= 15 is 0 Å². The number of methoxy groups -OCH3 is 2. The molecule has 30 heavy (non-hydrogen) atoms. The Kier molecular flexibility index (Phi) is 4.50. The molecule has 1 aromatic heterocycles. The first kappa shape index (κ1) is 18.4. The van der Waals surface area contributed by atoms with Gasteiger partial charge in [-0.05, 0) is 31.0 Å². The summed E-state index contributed by atoms with van der Waals surface area (Å²) in [5, 5.41) is 8.17. The Morgan fingerprint density at radius 3 is 2.53 bits per heavy atom. The fourth-order valence-electron chi connectivity index (χ4n) is 4.28. The highest BCUT2D eigenvalue weighted by atomic mass is 16.5. The maximum absolute atomic E-state index is 13.0. The lowest BCUT2D eigenvalue weighted by Crippen LogP contribution is -2.31. The molecule has 3 aromatic rings. The Labute approximate surface area is 174 Å². The van der Waals surface area contributed by atoms with Crippen molar-refractivity contribution >= 4 is 11.7 Å². The summed E-state index contributed by atoms with van der Waals surface area (Å²) >= 11 is 0. The van der Waals surface area contributed by atoms with Crippen LogP contribution in [0.3, 0.4) is 0 Å². The summed E-state index contributed by atoms with van der Waals surface area (Å²) in [6.45, 7) is 0. The van der Waals surface area contributed by atoms with E-state index in [9.17, 15) is 4.79 Å². The second-order valence-electron chi connectivity index (χ2n) is 7.34. The van der Waals surface area contributed by atoms with Crippen LogP contribution in [0.25, 0.3) is 11.4 Å². The Morgan fingerprint density at radius 2 is 1.73 bits per heavy atom. The third-order valence-corrected chi connectivity index (χ3v) is 5.65. The van der Waals surface area contributed by atoms with Gasteiger partial charge in [0.2, 0.25) is 5.95 Å². The van der Waals surface area contributed by atoms with Crippen LogP contribution < -0.4 is 14.8 Å². The molecule has 0 fully saturated rings. The Morgan fingerprint density at radius 1 is 1.00 bits per heavy atom. The van der Waals surface area contributed by atoms with Crippen LogP contribution in [0.2, 0.25) is 0 Å². The van der Waals surface area contributed by atoms with Crippen LogP contribution in [0, 0.1) is 0 Å². The highest BCUT2D eigenvalue weighted by Gasteiger charge is 2.38. The summed E-state index contributed by atoms with van der Waals surface area (Å²) in [6.07, 6.45) is 2.18. The maximum atomic E-state index is 13.0. The minimum atomic E-state index is -0.392. The van der Waals surface area contributed by atoms with E-state index in [2.05, 4.69) is 5.32 Å². The summed E-state index contributed by atoms with van der Waals surface area (Å²) in [4.78, 5) is 17.7. The van der Waals surface area contributed by atoms with Crippen LogP contribution in [-0.2, 0) is 4.79 Å². The first-order valence-electron chi connectivity index (χ1n) is 9.97. The van der Waals surface area contributed by atoms with Crippen molar-refractivity contribution in [3.63, 3.8) is 0 Å². The van der Waals surface area contributed by atoms with E-state index in [1.807, 2.05) is 48.5 Å². The molecule has 0 saturated carbocycles. The van der Waals surface area contributed by atoms with Gasteiger partial charge in [-0.2, -0.15) is 4.98 Å². The van der Waals surface area contributed by atoms with Crippen molar-refractivity contribution in [3.05, 3.63) is 65.4 Å². The molecule has 0 saturated heterocycles. The molecule has 1 aliphatic carbocycles. The van der Waals surface area contributed by atoms with Gasteiger partial charge in [-0.25, -0.2) is 4.68 Å². The summed E-state index contributed by atoms with van der Waals surface area (Å²) in [7, 11) is 3.27. The zero-order valence-electron chi connectivity index (χ0n) is 16.9. The minimum Gasteiger partial charge on any atom is -0.496 e. The van der Waals surface area contributed by atoms with Crippen LogP contribution in [0.5, 0.6) is 11.5 Å². The first-order valence-corrected chi connectivity index (χ1v) is 9.97. The van der Waals surface area contributed by atoms with Gasteiger partial charge in [0, 0.05) is 23.3 Å². The number of anilines is 1. The fraction of sp³-hybridized carbons (Fsp3) is 0.261. The number of fused-ring (bicyclic) bond motifs is 1. The largest absolute Gasteiger partial charge is 0.496 e. The van der Waals surface area contributed by atoms with E-state index < -0.39 is 6.04 Å². The molecular formula is C23H22N4O3. The van der Waals surface area contributed by atoms with Crippen molar-refractivity contribution in [2.75, 3.05) is 19.5 Å². The number of hydrogen-bond donors (Lipinski definition) is 1. The predicted octanol–water partition coefficient (Wildman–Crippen LogP) is 3.98. The number of rotatable bonds is 4. The van der Waals surface area contributed by atoms with Gasteiger partial charge < -0.3 is 14.8 Å². The van der Waals surface area contributed by atoms with Gasteiger partial charge in [0.25, 0.3) is 0 Å². The Bertz CT molecular complexity index is 1160. The summed E-state index contributed by atoms with van der Waals surface area (Å²) in [5.41, 5.74) is 3.36. The van der Waals surface area contributed by atoms with Crippen molar-refractivity contribution in [2.45, 2.75) is 25.3 Å². The lowest BCUT2D eigenvalue weighted by atomic mass is 9.85. The summed E-state index contributed by atoms with van der Waals surface area (Å²) < 4.78 is 12.9. The normalized spacial score (nSPS) is 17.8. The first-order chi connectivity index (χ1) is 14.7. The number of carbonyl (C=O) groups is 1. The van der Waals surface area contributed by atoms with E-state index in [1.165, 1.54) is 0 Å². The number of Topliss-reactive ketones (excluding diaryl/α,β-unsaturated/α-hetero) is 1. The molecule has 1 aliphatic heterocycles. The molecule has 2 aromatic carbocycles. The third kappa shape index (κ3) is 2.85. The molecule has 7 heteroatoms. The molecule has 1 unspecified atom stereocenters. The SMILES string of the molecule is COc1ccccc1-c1nc2n(n1)C(c1ccccc1OC)C1=C(CCCC1=O)N2. The molecule has 2 aliphatic rings. The average Bonchev–Trinajstić information content (AvgIpc) is 3.21. The number of nitrogens with zero attached hydrogens (tertiary/aromatic N) is 3. The monoisotopic (exact) mass is 402 g/mol. The zero-order chi connectivity index (χ0) is 20.7. The average molecular weight is 402 g/mol. The van der Waals surface area contributed by atoms with Gasteiger partial charge in [0.05, 0.1) is 19.8 Å². The van der Waals surface area contributed by atoms with Crippen LogP contribution in [-0.4, -0.2) is 34.8 Å². The van der Waals surface area contributed by atoms with E-state index in [0.29, 0.717) is 23.9 Å². The number of aromatic nitrogens is 3. The van der Waals surface area contributed by atoms with E-state index in [0.717, 1.165) is 41.0 Å². The molecule has 0 radical (unpaired) electrons. The van der Waals surface area contributed by atoms with Crippen molar-refractivity contribution in [1.29, 1.82) is 0 Å². The maximum Gasteiger partial charge on any atom is 0.226 e. The number of carbonyl (C=O) groups excluding carboxylic acids is 1. The number of hydrogen-bond acceptors (Lipinski definition) is 6. The third-order valence-electron chi connectivity index (χ3n) is 5.65. The van der Waals surface area contributed by atoms with Gasteiger partial charge in [0.15, 0.2) is 11.6 Å². The molecule has 0 amide bonds. The molecule has 152 valence electrons. The number of ether oxygens (including phenoxy) is 2. The smallest absolute Gasteiger partial charge is 0.226 e. The quantitative estimate of drug-likeness (QED) is 0.711. The summed E-state index contributed by atoms with van der Waals surface area (Å²) in [5.74, 6) is 2.71. The molecule has 7 nitrogen and oxygen atoms in total. The topological polar surface area (TPSA) is 78.3 Å². The Balaban J connectivity index is 1.71. The van der Waals surface area contributed by atoms with Crippen molar-refractivity contribution in [2.24, 2.45) is 0 Å². The minimum absolute atomic E-state index is 0.139. The molecule has 0 spiro atoms. The molecular weight excluding hydrogens is 380 g/mol. The fourth-order valence-corrected chi connectivity index (χ4v) is 4.28. The van der Waals surface area contributed by atoms with E-state index in [-0.39, 0.29) is 5.78 Å². The van der Waals surface area contributed by atoms with Gasteiger partial charge in [-0.15, -0.1) is 5.10 Å². The highest BCUT2D eigenvalue weighted by Crippen LogP contribution is 2.43. The Hall–Kier alpha value is -3.61. The zero-order valence-corrected chi connectivity index (χ0v) is 16.9. The van der Waals surface area contributed by atoms with E-state index in [1.54, 1.807) is 18.9 Å². The molecule has 2 heterocycles. The lowest BCUT2D eigenvalue weighted by Gasteiger charge is -2.32. The number of ketones is 1. The van der Waals surface area contributed by atoms with Crippen LogP contribution in [0.1, 0.15) is 30.9 Å². The number of allylic oxidation sites excluding steroid dienone is 2. The number of nitrogens with one attached hydrogen (secondary N) is 1. The second-order valence-corrected chi connectivity index (χ2v) is 7.34. The van der Waals surface area contributed by atoms with Crippen LogP contribution >= 0.6 is 0 Å². The molecule has 1 atom stereocenters. The van der Waals surface area contributed by atoms with Crippen molar-refractivity contribution in [1.82, 2.24) is 14.8 Å².